The molecule has 0 unspecified atom stereocenters. The first kappa shape index (κ1) is 17.3. The molecule has 4 aromatic rings. The third kappa shape index (κ3) is 2.86. The van der Waals surface area contributed by atoms with E-state index in [0.717, 1.165) is 0 Å². The predicted octanol–water partition coefficient (Wildman–Crippen LogP) is 2.85. The minimum atomic E-state index is -0.565. The van der Waals surface area contributed by atoms with Crippen LogP contribution in [0.15, 0.2) is 47.4 Å². The Kier molecular flexibility index (Phi) is 3.88. The Balaban J connectivity index is 1.92. The molecule has 0 radical (unpaired) electrons. The van der Waals surface area contributed by atoms with E-state index in [2.05, 4.69) is 15.3 Å². The minimum Gasteiger partial charge on any atom is -0.399 e. The average molecular weight is 380 g/mol. The SMILES string of the molecule is Cn1c(=O)c2cc([N+](=O)[O-])ccc2c2nc(Nc3cc(N)cc(F)c3)ncc21. The Labute approximate surface area is 156 Å². The number of aromatic nitrogens is 3. The van der Waals surface area contributed by atoms with Crippen LogP contribution in [0.1, 0.15) is 0 Å². The van der Waals surface area contributed by atoms with Crippen molar-refractivity contribution in [2.24, 2.45) is 7.05 Å². The molecule has 4 rings (SSSR count). The molecule has 0 atom stereocenters. The molecule has 0 bridgehead atoms. The van der Waals surface area contributed by atoms with Crippen molar-refractivity contribution < 1.29 is 9.31 Å². The van der Waals surface area contributed by atoms with Crippen LogP contribution in [-0.2, 0) is 7.05 Å². The largest absolute Gasteiger partial charge is 0.399 e. The Morgan fingerprint density at radius 1 is 1.21 bits per heavy atom. The molecule has 10 heteroatoms. The molecule has 2 heterocycles. The number of hydrogen-bond donors (Lipinski definition) is 2. The summed E-state index contributed by atoms with van der Waals surface area (Å²) in [6.07, 6.45) is 1.45. The van der Waals surface area contributed by atoms with Gasteiger partial charge in [-0.15, -0.1) is 0 Å². The standard InChI is InChI=1S/C18H13FN6O3/c1-24-15-8-21-18(22-11-5-9(19)4-10(20)6-11)23-16(15)13-3-2-12(25(27)28)7-14(13)17(24)26/h2-8H,20H2,1H3,(H,21,22,23). The number of aryl methyl sites for hydroxylation is 1. The number of hydrogen-bond acceptors (Lipinski definition) is 7. The summed E-state index contributed by atoms with van der Waals surface area (Å²) in [4.78, 5) is 31.6. The third-order valence-electron chi connectivity index (χ3n) is 4.31. The lowest BCUT2D eigenvalue weighted by molar-refractivity contribution is -0.384. The number of pyridine rings is 1. The van der Waals surface area contributed by atoms with E-state index < -0.39 is 16.3 Å². The van der Waals surface area contributed by atoms with Crippen LogP contribution in [0.5, 0.6) is 0 Å². The lowest BCUT2D eigenvalue weighted by Crippen LogP contribution is -2.18. The number of nitro benzene ring substituents is 1. The second-order valence-corrected chi connectivity index (χ2v) is 6.18. The number of anilines is 3. The van der Waals surface area contributed by atoms with Crippen molar-refractivity contribution >= 4 is 44.8 Å². The van der Waals surface area contributed by atoms with E-state index in [-0.39, 0.29) is 22.7 Å². The molecule has 0 saturated heterocycles. The van der Waals surface area contributed by atoms with Crippen molar-refractivity contribution in [3.05, 3.63) is 68.9 Å². The monoisotopic (exact) mass is 380 g/mol. The van der Waals surface area contributed by atoms with E-state index in [1.807, 2.05) is 0 Å². The summed E-state index contributed by atoms with van der Waals surface area (Å²) in [6, 6.07) is 7.96. The van der Waals surface area contributed by atoms with Crippen LogP contribution in [0, 0.1) is 15.9 Å². The summed E-state index contributed by atoms with van der Waals surface area (Å²) in [5.41, 5.74) is 6.54. The minimum absolute atomic E-state index is 0.163. The molecule has 9 nitrogen and oxygen atoms in total. The number of nitrogen functional groups attached to an aromatic ring is 1. The van der Waals surface area contributed by atoms with Crippen LogP contribution in [0.2, 0.25) is 0 Å². The van der Waals surface area contributed by atoms with Gasteiger partial charge in [-0.05, 0) is 24.3 Å². The van der Waals surface area contributed by atoms with Crippen LogP contribution in [0.3, 0.4) is 0 Å². The molecule has 2 aromatic carbocycles. The van der Waals surface area contributed by atoms with Gasteiger partial charge in [-0.2, -0.15) is 0 Å². The highest BCUT2D eigenvalue weighted by atomic mass is 19.1. The Morgan fingerprint density at radius 3 is 2.71 bits per heavy atom. The lowest BCUT2D eigenvalue weighted by Gasteiger charge is -2.11. The molecule has 28 heavy (non-hydrogen) atoms. The number of nitro groups is 1. The van der Waals surface area contributed by atoms with Crippen molar-refractivity contribution in [2.75, 3.05) is 11.1 Å². The summed E-state index contributed by atoms with van der Waals surface area (Å²) >= 11 is 0. The zero-order valence-electron chi connectivity index (χ0n) is 14.5. The zero-order valence-corrected chi connectivity index (χ0v) is 14.5. The average Bonchev–Trinajstić information content (AvgIpc) is 2.64. The molecule has 0 aliphatic heterocycles. The van der Waals surface area contributed by atoms with Gasteiger partial charge in [0.25, 0.3) is 11.2 Å². The van der Waals surface area contributed by atoms with E-state index in [0.29, 0.717) is 22.1 Å². The molecule has 0 amide bonds. The van der Waals surface area contributed by atoms with E-state index in [1.165, 1.54) is 54.2 Å². The number of benzene rings is 2. The number of non-ortho nitro benzene ring substituents is 1. The highest BCUT2D eigenvalue weighted by Gasteiger charge is 2.15. The normalized spacial score (nSPS) is 11.1. The molecule has 2 aromatic heterocycles. The molecule has 0 fully saturated rings. The second-order valence-electron chi connectivity index (χ2n) is 6.18. The molecule has 0 aliphatic carbocycles. The Morgan fingerprint density at radius 2 is 2.00 bits per heavy atom. The van der Waals surface area contributed by atoms with Gasteiger partial charge in [0.15, 0.2) is 0 Å². The van der Waals surface area contributed by atoms with Crippen LogP contribution in [0.4, 0.5) is 27.4 Å². The van der Waals surface area contributed by atoms with Gasteiger partial charge in [0.2, 0.25) is 5.95 Å². The quantitative estimate of drug-likeness (QED) is 0.242. The summed E-state index contributed by atoms with van der Waals surface area (Å²) in [5, 5.41) is 14.5. The van der Waals surface area contributed by atoms with Crippen molar-refractivity contribution in [3.63, 3.8) is 0 Å². The van der Waals surface area contributed by atoms with Gasteiger partial charge in [-0.3, -0.25) is 14.9 Å². The van der Waals surface area contributed by atoms with Gasteiger partial charge in [0, 0.05) is 35.9 Å². The second kappa shape index (κ2) is 6.27. The van der Waals surface area contributed by atoms with Gasteiger partial charge in [-0.25, -0.2) is 14.4 Å². The highest BCUT2D eigenvalue weighted by Crippen LogP contribution is 2.26. The fourth-order valence-corrected chi connectivity index (χ4v) is 3.01. The summed E-state index contributed by atoms with van der Waals surface area (Å²) in [5.74, 6) is -0.348. The first-order chi connectivity index (χ1) is 13.3. The molecular formula is C18H13FN6O3. The highest BCUT2D eigenvalue weighted by molar-refractivity contribution is 6.04. The van der Waals surface area contributed by atoms with Crippen LogP contribution in [0.25, 0.3) is 21.8 Å². The fraction of sp³-hybridized carbons (Fsp3) is 0.0556. The van der Waals surface area contributed by atoms with E-state index in [1.54, 1.807) is 0 Å². The maximum Gasteiger partial charge on any atom is 0.270 e. The molecular weight excluding hydrogens is 367 g/mol. The first-order valence-corrected chi connectivity index (χ1v) is 8.10. The molecule has 0 saturated carbocycles. The van der Waals surface area contributed by atoms with Crippen molar-refractivity contribution in [1.29, 1.82) is 0 Å². The number of nitrogens with one attached hydrogen (secondary N) is 1. The van der Waals surface area contributed by atoms with Gasteiger partial charge in [0.1, 0.15) is 11.3 Å². The van der Waals surface area contributed by atoms with Gasteiger partial charge < -0.3 is 15.6 Å². The third-order valence-corrected chi connectivity index (χ3v) is 4.31. The van der Waals surface area contributed by atoms with Gasteiger partial charge in [-0.1, -0.05) is 0 Å². The molecule has 3 N–H and O–H groups in total. The first-order valence-electron chi connectivity index (χ1n) is 8.10. The topological polar surface area (TPSA) is 129 Å². The van der Waals surface area contributed by atoms with Crippen molar-refractivity contribution in [3.8, 4) is 0 Å². The molecule has 0 aliphatic rings. The maximum absolute atomic E-state index is 13.5. The predicted molar refractivity (Wildman–Crippen MR) is 103 cm³/mol. The van der Waals surface area contributed by atoms with E-state index in [4.69, 9.17) is 5.73 Å². The van der Waals surface area contributed by atoms with E-state index >= 15 is 0 Å². The number of fused-ring (bicyclic) bond motifs is 3. The number of nitrogens with two attached hydrogens (primary N) is 1. The Hall–Kier alpha value is -4.08. The zero-order chi connectivity index (χ0) is 20.0. The number of nitrogens with zero attached hydrogens (tertiary/aromatic N) is 4. The van der Waals surface area contributed by atoms with Gasteiger partial charge >= 0.3 is 0 Å². The van der Waals surface area contributed by atoms with Crippen molar-refractivity contribution in [2.45, 2.75) is 0 Å². The molecule has 140 valence electrons. The van der Waals surface area contributed by atoms with Gasteiger partial charge in [0.05, 0.1) is 22.0 Å². The van der Waals surface area contributed by atoms with Crippen LogP contribution < -0.4 is 16.6 Å². The Bertz CT molecular complexity index is 1310. The number of halogens is 1. The molecule has 0 spiro atoms. The fourth-order valence-electron chi connectivity index (χ4n) is 3.01. The number of rotatable bonds is 3. The summed E-state index contributed by atoms with van der Waals surface area (Å²) in [7, 11) is 1.53. The summed E-state index contributed by atoms with van der Waals surface area (Å²) < 4.78 is 14.9. The van der Waals surface area contributed by atoms with E-state index in [9.17, 15) is 19.3 Å². The van der Waals surface area contributed by atoms with Crippen LogP contribution >= 0.6 is 0 Å². The maximum atomic E-state index is 13.5. The lowest BCUT2D eigenvalue weighted by atomic mass is 10.1. The summed E-state index contributed by atoms with van der Waals surface area (Å²) in [6.45, 7) is 0. The smallest absolute Gasteiger partial charge is 0.270 e. The van der Waals surface area contributed by atoms with Crippen molar-refractivity contribution in [1.82, 2.24) is 14.5 Å². The van der Waals surface area contributed by atoms with Crippen LogP contribution in [-0.4, -0.2) is 19.5 Å².